The maximum atomic E-state index is 11.1. The van der Waals surface area contributed by atoms with E-state index in [4.69, 9.17) is 0 Å². The molecule has 0 saturated heterocycles. The van der Waals surface area contributed by atoms with Gasteiger partial charge in [0.1, 0.15) is 0 Å². The average Bonchev–Trinajstić information content (AvgIpc) is 2.67. The second-order valence-corrected chi connectivity index (χ2v) is 11.0. The van der Waals surface area contributed by atoms with Crippen LogP contribution in [0, 0.1) is 33.5 Å². The van der Waals surface area contributed by atoms with Gasteiger partial charge in [0.25, 0.3) is 0 Å². The number of aliphatic hydroxyl groups is 1. The minimum Gasteiger partial charge on any atom is -0.393 e. The van der Waals surface area contributed by atoms with Crippen molar-refractivity contribution in [2.24, 2.45) is 33.5 Å². The van der Waals surface area contributed by atoms with Crippen molar-refractivity contribution in [1.29, 1.82) is 0 Å². The molecule has 0 heterocycles. The van der Waals surface area contributed by atoms with Crippen LogP contribution in [0.1, 0.15) is 112 Å². The highest BCUT2D eigenvalue weighted by molar-refractivity contribution is 5.18. The molecule has 0 bridgehead atoms. The molecule has 3 aliphatic carbocycles. The Labute approximate surface area is 169 Å². The molecule has 1 N–H and O–H groups in total. The Morgan fingerprint density at radius 1 is 0.889 bits per heavy atom. The first-order valence-corrected chi connectivity index (χ1v) is 12.0. The zero-order valence-corrected chi connectivity index (χ0v) is 19.2. The summed E-state index contributed by atoms with van der Waals surface area (Å²) in [6.07, 6.45) is 13.9. The lowest BCUT2D eigenvalue weighted by Crippen LogP contribution is -2.63. The molecule has 3 fully saturated rings. The lowest BCUT2D eigenvalue weighted by Gasteiger charge is -2.69. The van der Waals surface area contributed by atoms with E-state index in [0.29, 0.717) is 22.2 Å². The molecule has 0 amide bonds. The van der Waals surface area contributed by atoms with Crippen LogP contribution in [0.3, 0.4) is 0 Å². The van der Waals surface area contributed by atoms with Crippen LogP contribution in [0.15, 0.2) is 12.2 Å². The van der Waals surface area contributed by atoms with Crippen LogP contribution < -0.4 is 0 Å². The van der Waals surface area contributed by atoms with Gasteiger partial charge in [-0.2, -0.15) is 0 Å². The lowest BCUT2D eigenvalue weighted by molar-refractivity contribution is -0.215. The summed E-state index contributed by atoms with van der Waals surface area (Å²) in [4.78, 5) is 0. The Hall–Kier alpha value is -0.300. The Kier molecular flexibility index (Phi) is 5.70. The highest BCUT2D eigenvalue weighted by atomic mass is 16.3. The second kappa shape index (κ2) is 7.19. The van der Waals surface area contributed by atoms with E-state index in [1.807, 2.05) is 0 Å². The van der Waals surface area contributed by atoms with Crippen molar-refractivity contribution in [1.82, 2.24) is 0 Å². The third-order valence-corrected chi connectivity index (χ3v) is 10.7. The molecule has 3 rings (SSSR count). The van der Waals surface area contributed by atoms with Crippen LogP contribution in [-0.2, 0) is 0 Å². The molecule has 0 aromatic rings. The van der Waals surface area contributed by atoms with Gasteiger partial charge in [-0.15, -0.1) is 0 Å². The molecule has 27 heavy (non-hydrogen) atoms. The van der Waals surface area contributed by atoms with Crippen molar-refractivity contribution in [3.63, 3.8) is 0 Å². The summed E-state index contributed by atoms with van der Waals surface area (Å²) in [5, 5.41) is 11.1. The highest BCUT2D eigenvalue weighted by Crippen LogP contribution is 2.72. The molecule has 3 saturated carbocycles. The first kappa shape index (κ1) is 21.4. The largest absolute Gasteiger partial charge is 0.393 e. The fourth-order valence-corrected chi connectivity index (χ4v) is 8.81. The fraction of sp³-hybridized carbons (Fsp3) is 0.923. The third-order valence-electron chi connectivity index (χ3n) is 10.7. The van der Waals surface area contributed by atoms with E-state index in [0.717, 1.165) is 25.2 Å². The van der Waals surface area contributed by atoms with Gasteiger partial charge in [0.05, 0.1) is 6.10 Å². The summed E-state index contributed by atoms with van der Waals surface area (Å²) in [5.74, 6) is 1.56. The van der Waals surface area contributed by atoms with Gasteiger partial charge in [0, 0.05) is 0 Å². The summed E-state index contributed by atoms with van der Waals surface area (Å²) in [6, 6.07) is 0. The molecule has 0 aromatic heterocycles. The van der Waals surface area contributed by atoms with Crippen molar-refractivity contribution in [3.8, 4) is 0 Å². The molecule has 1 heteroatoms. The normalized spacial score (nSPS) is 46.4. The Bertz CT molecular complexity index is 561. The van der Waals surface area contributed by atoms with E-state index in [9.17, 15) is 5.11 Å². The minimum absolute atomic E-state index is 0.0874. The lowest BCUT2D eigenvalue weighted by atomic mass is 9.36. The second-order valence-electron chi connectivity index (χ2n) is 11.0. The van der Waals surface area contributed by atoms with Gasteiger partial charge in [-0.1, -0.05) is 53.2 Å². The molecular weight excluding hydrogens is 328 g/mol. The molecule has 156 valence electrons. The molecule has 0 aromatic carbocycles. The molecule has 3 aliphatic rings. The molecule has 0 radical (unpaired) electrons. The van der Waals surface area contributed by atoms with Crippen LogP contribution >= 0.6 is 0 Å². The van der Waals surface area contributed by atoms with Gasteiger partial charge in [0.2, 0.25) is 0 Å². The van der Waals surface area contributed by atoms with E-state index >= 15 is 0 Å². The van der Waals surface area contributed by atoms with E-state index < -0.39 is 0 Å². The van der Waals surface area contributed by atoms with E-state index in [2.05, 4.69) is 48.1 Å². The van der Waals surface area contributed by atoms with Crippen molar-refractivity contribution < 1.29 is 5.11 Å². The van der Waals surface area contributed by atoms with Gasteiger partial charge in [-0.25, -0.2) is 0 Å². The number of hydrogen-bond acceptors (Lipinski definition) is 1. The van der Waals surface area contributed by atoms with Crippen molar-refractivity contribution in [2.75, 3.05) is 0 Å². The average molecular weight is 375 g/mol. The smallest absolute Gasteiger partial charge is 0.0599 e. The fourth-order valence-electron chi connectivity index (χ4n) is 8.81. The summed E-state index contributed by atoms with van der Waals surface area (Å²) >= 11 is 0. The van der Waals surface area contributed by atoms with E-state index in [-0.39, 0.29) is 11.5 Å². The zero-order valence-electron chi connectivity index (χ0n) is 19.2. The first-order chi connectivity index (χ1) is 12.7. The summed E-state index contributed by atoms with van der Waals surface area (Å²) in [7, 11) is 0. The molecule has 1 nitrogen and oxygen atoms in total. The molecule has 0 aliphatic heterocycles. The number of fused-ring (bicyclic) bond motifs is 3. The van der Waals surface area contributed by atoms with Gasteiger partial charge >= 0.3 is 0 Å². The summed E-state index contributed by atoms with van der Waals surface area (Å²) in [6.45, 7) is 18.8. The SMILES string of the molecule is C=C(C)C1(C)CCC2C(CC)(CCC3C(CC)(CC)C(O)CCC23CC)C1. The van der Waals surface area contributed by atoms with Gasteiger partial charge < -0.3 is 5.11 Å². The monoisotopic (exact) mass is 374 g/mol. The summed E-state index contributed by atoms with van der Waals surface area (Å²) < 4.78 is 0. The Morgan fingerprint density at radius 2 is 1.52 bits per heavy atom. The van der Waals surface area contributed by atoms with Crippen LogP contribution in [0.5, 0.6) is 0 Å². The van der Waals surface area contributed by atoms with Gasteiger partial charge in [-0.3, -0.25) is 0 Å². The van der Waals surface area contributed by atoms with Crippen molar-refractivity contribution >= 4 is 0 Å². The Balaban J connectivity index is 2.06. The Morgan fingerprint density at radius 3 is 2.04 bits per heavy atom. The molecule has 6 atom stereocenters. The van der Waals surface area contributed by atoms with Crippen LogP contribution in [0.25, 0.3) is 0 Å². The molecular formula is C26H46O. The highest BCUT2D eigenvalue weighted by Gasteiger charge is 2.65. The number of allylic oxidation sites excluding steroid dienone is 1. The maximum absolute atomic E-state index is 11.1. The predicted octanol–water partition coefficient (Wildman–Crippen LogP) is 7.53. The van der Waals surface area contributed by atoms with Crippen molar-refractivity contribution in [2.45, 2.75) is 118 Å². The standard InChI is InChI=1S/C26H46O/c1-8-24-16-13-21-25(9-2,10-3)22(27)14-17-26(21,11-4)20(24)12-15-23(7,18-24)19(5)6/h20-22,27H,5,8-18H2,1-4,6-7H3. The van der Waals surface area contributed by atoms with Gasteiger partial charge in [0.15, 0.2) is 0 Å². The molecule has 0 spiro atoms. The van der Waals surface area contributed by atoms with Crippen LogP contribution in [0.4, 0.5) is 0 Å². The number of rotatable bonds is 5. The minimum atomic E-state index is -0.0874. The topological polar surface area (TPSA) is 20.2 Å². The summed E-state index contributed by atoms with van der Waals surface area (Å²) in [5.41, 5.74) is 2.83. The number of hydrogen-bond donors (Lipinski definition) is 1. The maximum Gasteiger partial charge on any atom is 0.0599 e. The van der Waals surface area contributed by atoms with E-state index in [1.54, 1.807) is 0 Å². The van der Waals surface area contributed by atoms with Gasteiger partial charge in [-0.05, 0) is 105 Å². The van der Waals surface area contributed by atoms with E-state index in [1.165, 1.54) is 56.9 Å². The predicted molar refractivity (Wildman–Crippen MR) is 117 cm³/mol. The van der Waals surface area contributed by atoms with Crippen LogP contribution in [-0.4, -0.2) is 11.2 Å². The molecule has 6 unspecified atom stereocenters. The third kappa shape index (κ3) is 2.81. The quantitative estimate of drug-likeness (QED) is 0.493. The number of aliphatic hydroxyl groups excluding tert-OH is 1. The zero-order chi connectivity index (χ0) is 20.1. The van der Waals surface area contributed by atoms with Crippen molar-refractivity contribution in [3.05, 3.63) is 12.2 Å². The van der Waals surface area contributed by atoms with Crippen LogP contribution in [0.2, 0.25) is 0 Å². The first-order valence-electron chi connectivity index (χ1n) is 12.0.